The zero-order valence-electron chi connectivity index (χ0n) is 29.5. The number of nitrogens with one attached hydrogen (secondary N) is 2. The van der Waals surface area contributed by atoms with E-state index in [4.69, 9.17) is 8.97 Å². The lowest BCUT2D eigenvalue weighted by molar-refractivity contribution is -0.117. The summed E-state index contributed by atoms with van der Waals surface area (Å²) >= 11 is 0. The van der Waals surface area contributed by atoms with Crippen molar-refractivity contribution in [1.82, 2.24) is 10.3 Å². The summed E-state index contributed by atoms with van der Waals surface area (Å²) in [5.41, 5.74) is 9.12. The monoisotopic (exact) mass is 715 g/mol. The second kappa shape index (κ2) is 15.0. The van der Waals surface area contributed by atoms with E-state index in [1.54, 1.807) is 24.3 Å². The topological polar surface area (TPSA) is 139 Å². The first-order chi connectivity index (χ1) is 24.7. The van der Waals surface area contributed by atoms with Gasteiger partial charge < -0.3 is 15.1 Å². The van der Waals surface area contributed by atoms with Gasteiger partial charge in [0.1, 0.15) is 5.52 Å². The van der Waals surface area contributed by atoms with Crippen molar-refractivity contribution in [3.05, 3.63) is 143 Å². The number of fused-ring (bicyclic) bond motifs is 1. The quantitative estimate of drug-likeness (QED) is 0.115. The van der Waals surface area contributed by atoms with Gasteiger partial charge in [0, 0.05) is 23.4 Å². The third kappa shape index (κ3) is 8.65. The number of rotatable bonds is 11. The SMILES string of the molecule is Cc1cccc2oc(-c3ccc(NC(=O)[C@H](Cc4ccc(C(=O)NCCS(=O)(=O)O)cc4)c4ccccc4-c4ccc(C(C)(C)C)cc4)cc3)nc12. The molecule has 1 aromatic heterocycles. The van der Waals surface area contributed by atoms with Crippen LogP contribution in [-0.2, 0) is 26.7 Å². The number of hydrogen-bond donors (Lipinski definition) is 3. The van der Waals surface area contributed by atoms with E-state index in [-0.39, 0.29) is 17.9 Å². The summed E-state index contributed by atoms with van der Waals surface area (Å²) in [7, 11) is -4.19. The van der Waals surface area contributed by atoms with Crippen molar-refractivity contribution >= 4 is 38.7 Å². The Bertz CT molecular complexity index is 2320. The average molecular weight is 716 g/mol. The Balaban J connectivity index is 1.28. The number of anilines is 1. The molecule has 2 amide bonds. The fraction of sp³-hybridized carbons (Fsp3) is 0.214. The third-order valence-corrected chi connectivity index (χ3v) is 9.76. The molecule has 0 unspecified atom stereocenters. The van der Waals surface area contributed by atoms with Crippen LogP contribution in [0.5, 0.6) is 0 Å². The number of carbonyl (C=O) groups excluding carboxylic acids is 2. The number of nitrogens with zero attached hydrogens (tertiary/aromatic N) is 1. The van der Waals surface area contributed by atoms with E-state index in [0.717, 1.165) is 38.9 Å². The zero-order valence-corrected chi connectivity index (χ0v) is 30.3. The van der Waals surface area contributed by atoms with Crippen molar-refractivity contribution in [1.29, 1.82) is 0 Å². The summed E-state index contributed by atoms with van der Waals surface area (Å²) in [6.45, 7) is 8.29. The largest absolute Gasteiger partial charge is 0.436 e. The van der Waals surface area contributed by atoms with Gasteiger partial charge in [0.2, 0.25) is 11.8 Å². The summed E-state index contributed by atoms with van der Waals surface area (Å²) in [5.74, 6) is -1.35. The normalized spacial score (nSPS) is 12.4. The Labute approximate surface area is 303 Å². The van der Waals surface area contributed by atoms with Crippen molar-refractivity contribution in [2.24, 2.45) is 0 Å². The predicted molar refractivity (Wildman–Crippen MR) is 205 cm³/mol. The molecule has 10 heteroatoms. The molecular weight excluding hydrogens is 675 g/mol. The van der Waals surface area contributed by atoms with Crippen LogP contribution in [0.4, 0.5) is 5.69 Å². The molecule has 3 N–H and O–H groups in total. The van der Waals surface area contributed by atoms with E-state index < -0.39 is 27.7 Å². The number of hydrogen-bond acceptors (Lipinski definition) is 6. The maximum absolute atomic E-state index is 14.3. The Morgan fingerprint density at radius 2 is 1.50 bits per heavy atom. The molecule has 6 aromatic rings. The number of aromatic nitrogens is 1. The maximum atomic E-state index is 14.3. The van der Waals surface area contributed by atoms with Gasteiger partial charge in [0.15, 0.2) is 5.58 Å². The second-order valence-corrected chi connectivity index (χ2v) is 15.5. The lowest BCUT2D eigenvalue weighted by Crippen LogP contribution is -2.28. The van der Waals surface area contributed by atoms with Crippen LogP contribution in [-0.4, -0.2) is 42.1 Å². The Morgan fingerprint density at radius 1 is 0.827 bits per heavy atom. The lowest BCUT2D eigenvalue weighted by Gasteiger charge is -2.22. The van der Waals surface area contributed by atoms with Crippen LogP contribution in [0.1, 0.15) is 59.3 Å². The zero-order chi connectivity index (χ0) is 37.0. The fourth-order valence-corrected chi connectivity index (χ4v) is 6.48. The first-order valence-corrected chi connectivity index (χ1v) is 18.7. The number of para-hydroxylation sites is 1. The minimum Gasteiger partial charge on any atom is -0.436 e. The van der Waals surface area contributed by atoms with Crippen LogP contribution >= 0.6 is 0 Å². The van der Waals surface area contributed by atoms with Crippen LogP contribution in [0, 0.1) is 6.92 Å². The van der Waals surface area contributed by atoms with Crippen LogP contribution in [0.3, 0.4) is 0 Å². The molecule has 0 aliphatic carbocycles. The molecule has 0 aliphatic heterocycles. The third-order valence-electron chi connectivity index (χ3n) is 9.04. The maximum Gasteiger partial charge on any atom is 0.266 e. The Kier molecular flexibility index (Phi) is 10.4. The van der Waals surface area contributed by atoms with Crippen LogP contribution in [0.15, 0.2) is 120 Å². The molecule has 0 fully saturated rings. The molecule has 0 aliphatic rings. The van der Waals surface area contributed by atoms with Gasteiger partial charge in [-0.1, -0.05) is 93.6 Å². The van der Waals surface area contributed by atoms with E-state index in [2.05, 4.69) is 60.7 Å². The van der Waals surface area contributed by atoms with E-state index >= 15 is 0 Å². The minimum absolute atomic E-state index is 0.00493. The predicted octanol–water partition coefficient (Wildman–Crippen LogP) is 8.35. The second-order valence-electron chi connectivity index (χ2n) is 13.9. The van der Waals surface area contributed by atoms with E-state index in [1.165, 1.54) is 5.56 Å². The number of oxazole rings is 1. The highest BCUT2D eigenvalue weighted by Gasteiger charge is 2.25. The molecule has 9 nitrogen and oxygen atoms in total. The lowest BCUT2D eigenvalue weighted by atomic mass is 9.83. The first kappa shape index (κ1) is 36.2. The molecule has 0 radical (unpaired) electrons. The van der Waals surface area contributed by atoms with Gasteiger partial charge in [-0.05, 0) is 94.6 Å². The summed E-state index contributed by atoms with van der Waals surface area (Å²) in [6.07, 6.45) is 0.341. The van der Waals surface area contributed by atoms with Crippen molar-refractivity contribution in [2.75, 3.05) is 17.6 Å². The summed E-state index contributed by atoms with van der Waals surface area (Å²) < 4.78 is 37.0. The minimum atomic E-state index is -4.19. The van der Waals surface area contributed by atoms with Gasteiger partial charge in [0.25, 0.3) is 16.0 Å². The average Bonchev–Trinajstić information content (AvgIpc) is 3.56. The van der Waals surface area contributed by atoms with E-state index in [1.807, 2.05) is 73.7 Å². The summed E-state index contributed by atoms with van der Waals surface area (Å²) in [6, 6.07) is 36.4. The van der Waals surface area contributed by atoms with Crippen molar-refractivity contribution in [3.8, 4) is 22.6 Å². The van der Waals surface area contributed by atoms with Crippen molar-refractivity contribution in [2.45, 2.75) is 45.4 Å². The van der Waals surface area contributed by atoms with Gasteiger partial charge in [-0.3, -0.25) is 14.1 Å². The molecule has 0 bridgehead atoms. The number of amides is 2. The highest BCUT2D eigenvalue weighted by atomic mass is 32.2. The molecule has 5 aromatic carbocycles. The van der Waals surface area contributed by atoms with E-state index in [0.29, 0.717) is 29.1 Å². The highest BCUT2D eigenvalue weighted by Crippen LogP contribution is 2.34. The number of benzene rings is 5. The van der Waals surface area contributed by atoms with Crippen LogP contribution in [0.25, 0.3) is 33.7 Å². The standard InChI is InChI=1S/C42H41N3O6S/c1-27-8-7-11-37-38(27)45-41(51-37)31-18-22-33(23-19-31)44-40(47)36(26-28-12-14-30(15-13-28)39(46)43-24-25-52(48,49)50)35-10-6-5-9-34(35)29-16-20-32(21-17-29)42(2,3)4/h5-23,36H,24-26H2,1-4H3,(H,43,46)(H,44,47)(H,48,49,50)/t36-/m1/s1. The van der Waals surface area contributed by atoms with Gasteiger partial charge >= 0.3 is 0 Å². The smallest absolute Gasteiger partial charge is 0.266 e. The molecule has 1 heterocycles. The van der Waals surface area contributed by atoms with Crippen molar-refractivity contribution < 1.29 is 27.0 Å². The Hall–Kier alpha value is -5.58. The van der Waals surface area contributed by atoms with Crippen molar-refractivity contribution in [3.63, 3.8) is 0 Å². The van der Waals surface area contributed by atoms with Crippen LogP contribution < -0.4 is 10.6 Å². The summed E-state index contributed by atoms with van der Waals surface area (Å²) in [4.78, 5) is 31.6. The summed E-state index contributed by atoms with van der Waals surface area (Å²) in [5, 5.41) is 5.62. The molecule has 0 saturated heterocycles. The molecule has 266 valence electrons. The molecule has 6 rings (SSSR count). The Morgan fingerprint density at radius 3 is 2.15 bits per heavy atom. The van der Waals surface area contributed by atoms with Gasteiger partial charge in [0.05, 0.1) is 11.7 Å². The number of aryl methyl sites for hydroxylation is 1. The molecular formula is C42H41N3O6S. The molecule has 0 saturated carbocycles. The highest BCUT2D eigenvalue weighted by molar-refractivity contribution is 7.85. The molecule has 0 spiro atoms. The van der Waals surface area contributed by atoms with Gasteiger partial charge in [-0.15, -0.1) is 0 Å². The molecule has 52 heavy (non-hydrogen) atoms. The van der Waals surface area contributed by atoms with E-state index in [9.17, 15) is 18.0 Å². The van der Waals surface area contributed by atoms with Gasteiger partial charge in [-0.25, -0.2) is 4.98 Å². The van der Waals surface area contributed by atoms with Crippen LogP contribution in [0.2, 0.25) is 0 Å². The number of carbonyl (C=O) groups is 2. The fourth-order valence-electron chi connectivity index (χ4n) is 6.12. The first-order valence-electron chi connectivity index (χ1n) is 17.0. The molecule has 1 atom stereocenters. The van der Waals surface area contributed by atoms with Gasteiger partial charge in [-0.2, -0.15) is 8.42 Å².